The summed E-state index contributed by atoms with van der Waals surface area (Å²) in [6.45, 7) is 5.37. The summed E-state index contributed by atoms with van der Waals surface area (Å²) in [6, 6.07) is 0. The maximum atomic E-state index is 14.5. The number of Topliss-reactive ketones (excluding diaryl/α,β-unsaturated/α-hetero) is 1. The van der Waals surface area contributed by atoms with Crippen LogP contribution in [0.3, 0.4) is 0 Å². The van der Waals surface area contributed by atoms with Gasteiger partial charge in [-0.3, -0.25) is 4.79 Å². The molecule has 0 spiro atoms. The van der Waals surface area contributed by atoms with Crippen molar-refractivity contribution in [3.05, 3.63) is 0 Å². The Morgan fingerprint density at radius 2 is 0.550 bits per heavy atom. The normalized spacial score (nSPS) is 13.8. The molecule has 2 unspecified atom stereocenters. The third kappa shape index (κ3) is 23.9. The summed E-state index contributed by atoms with van der Waals surface area (Å²) in [5.41, 5.74) is 0. The molecule has 360 valence electrons. The largest absolute Gasteiger partial charge is 0.394 e. The van der Waals surface area contributed by atoms with E-state index in [1.165, 1.54) is 96.3 Å². The van der Waals surface area contributed by atoms with Crippen LogP contribution in [-0.4, -0.2) is 85.8 Å². The highest BCUT2D eigenvalue weighted by Crippen LogP contribution is 2.38. The maximum Gasteiger partial charge on any atom is 0.331 e. The second kappa shape index (κ2) is 36.7. The second-order valence-corrected chi connectivity index (χ2v) is 25.3. The molecule has 60 heavy (non-hydrogen) atoms. The Labute approximate surface area is 370 Å². The summed E-state index contributed by atoms with van der Waals surface area (Å²) >= 11 is 0. The molecule has 0 heterocycles. The van der Waals surface area contributed by atoms with Crippen LogP contribution in [0.2, 0.25) is 0 Å². The quantitative estimate of drug-likeness (QED) is 0.0497. The molecule has 10 nitrogen and oxygen atoms in total. The second-order valence-electron chi connectivity index (χ2n) is 17.7. The molecule has 2 atom stereocenters. The SMILES string of the molecule is CCCCCCCCCCCCCCS(=O)(=O)C(C(=O)C(O)C(O)CO)(S(=O)(=O)CCCCCCCCCCCCCC)S(=O)(=O)CCCCCCCCCCCCCC. The van der Waals surface area contributed by atoms with Crippen LogP contribution >= 0.6 is 0 Å². The summed E-state index contributed by atoms with van der Waals surface area (Å²) in [6.07, 6.45) is 28.6. The fraction of sp³-hybridized carbons (Fsp3) is 0.979. The lowest BCUT2D eigenvalue weighted by Gasteiger charge is -2.33. The maximum absolute atomic E-state index is 14.5. The molecule has 0 aromatic heterocycles. The van der Waals surface area contributed by atoms with Gasteiger partial charge in [0.1, 0.15) is 12.2 Å². The highest BCUT2D eigenvalue weighted by molar-refractivity contribution is 8.27. The fourth-order valence-electron chi connectivity index (χ4n) is 8.30. The molecular formula is C47H94O10S3. The predicted molar refractivity (Wildman–Crippen MR) is 251 cm³/mol. The van der Waals surface area contributed by atoms with Gasteiger partial charge in [-0.25, -0.2) is 25.3 Å². The molecule has 0 saturated carbocycles. The minimum absolute atomic E-state index is 0.0464. The van der Waals surface area contributed by atoms with Crippen molar-refractivity contribution in [1.82, 2.24) is 0 Å². The number of aliphatic hydroxyl groups excluding tert-OH is 3. The average Bonchev–Trinajstić information content (AvgIpc) is 3.21. The van der Waals surface area contributed by atoms with E-state index in [-0.39, 0.29) is 19.3 Å². The summed E-state index contributed by atoms with van der Waals surface area (Å²) < 4.78 is 82.9. The summed E-state index contributed by atoms with van der Waals surface area (Å²) in [4.78, 5) is 14.2. The van der Waals surface area contributed by atoms with Crippen LogP contribution in [0.5, 0.6) is 0 Å². The van der Waals surface area contributed by atoms with Gasteiger partial charge >= 0.3 is 3.41 Å². The zero-order valence-electron chi connectivity index (χ0n) is 38.9. The molecule has 0 rings (SSSR count). The third-order valence-electron chi connectivity index (χ3n) is 12.2. The van der Waals surface area contributed by atoms with E-state index in [4.69, 9.17) is 0 Å². The minimum atomic E-state index is -5.31. The molecule has 0 radical (unpaired) electrons. The topological polar surface area (TPSA) is 180 Å². The molecule has 3 N–H and O–H groups in total. The number of hydrogen-bond donors (Lipinski definition) is 3. The Morgan fingerprint density at radius 3 is 0.733 bits per heavy atom. The molecule has 13 heteroatoms. The standard InChI is InChI=1S/C47H94O10S3/c1-4-7-10-13-16-19-22-25-28-31-34-37-40-58(52,53)47(46(51)45(50)44(49)43-48,59(54,55)41-38-35-32-29-26-23-20-17-14-11-8-5-2)60(56,57)42-39-36-33-30-27-24-21-18-15-12-9-6-3/h44-45,48-50H,4-43H2,1-3H3. The van der Waals surface area contributed by atoms with E-state index in [2.05, 4.69) is 20.8 Å². The van der Waals surface area contributed by atoms with Crippen LogP contribution in [-0.2, 0) is 34.3 Å². The zero-order valence-corrected chi connectivity index (χ0v) is 41.3. The molecule has 0 bridgehead atoms. The molecule has 0 aromatic carbocycles. The number of aliphatic hydroxyl groups is 3. The first-order valence-electron chi connectivity index (χ1n) is 24.9. The lowest BCUT2D eigenvalue weighted by molar-refractivity contribution is -0.133. The number of carbonyl (C=O) groups is 1. The smallest absolute Gasteiger partial charge is 0.331 e. The van der Waals surface area contributed by atoms with Crippen molar-refractivity contribution in [2.75, 3.05) is 23.9 Å². The number of unbranched alkanes of at least 4 members (excludes halogenated alkanes) is 33. The summed E-state index contributed by atoms with van der Waals surface area (Å²) in [5, 5.41) is 30.8. The van der Waals surface area contributed by atoms with E-state index in [1.54, 1.807) is 0 Å². The minimum Gasteiger partial charge on any atom is -0.394 e. The Bertz CT molecular complexity index is 1210. The van der Waals surface area contributed by atoms with E-state index in [9.17, 15) is 45.4 Å². The molecule has 0 aromatic rings. The Balaban J connectivity index is 5.98. The highest BCUT2D eigenvalue weighted by atomic mass is 32.3. The van der Waals surface area contributed by atoms with Gasteiger partial charge in [-0.05, 0) is 19.3 Å². The van der Waals surface area contributed by atoms with Crippen LogP contribution in [0.15, 0.2) is 0 Å². The molecule has 0 aliphatic rings. The van der Waals surface area contributed by atoms with Crippen LogP contribution < -0.4 is 0 Å². The van der Waals surface area contributed by atoms with Gasteiger partial charge in [0.05, 0.1) is 23.9 Å². The first kappa shape index (κ1) is 59.4. The van der Waals surface area contributed by atoms with Gasteiger partial charge < -0.3 is 15.3 Å². The van der Waals surface area contributed by atoms with Gasteiger partial charge in [0.15, 0.2) is 29.5 Å². The molecule has 0 saturated heterocycles. The van der Waals surface area contributed by atoms with Crippen molar-refractivity contribution in [3.8, 4) is 0 Å². The van der Waals surface area contributed by atoms with E-state index >= 15 is 0 Å². The zero-order chi connectivity index (χ0) is 45.0. The first-order chi connectivity index (χ1) is 28.7. The number of hydrogen-bond acceptors (Lipinski definition) is 10. The van der Waals surface area contributed by atoms with Gasteiger partial charge in [-0.1, -0.05) is 233 Å². The van der Waals surface area contributed by atoms with Crippen LogP contribution in [0.4, 0.5) is 0 Å². The van der Waals surface area contributed by atoms with Crippen LogP contribution in [0.1, 0.15) is 252 Å². The first-order valence-corrected chi connectivity index (χ1v) is 29.9. The Hall–Kier alpha value is -0.600. The van der Waals surface area contributed by atoms with E-state index in [1.807, 2.05) is 0 Å². The van der Waals surface area contributed by atoms with Gasteiger partial charge in [-0.15, -0.1) is 0 Å². The van der Waals surface area contributed by atoms with Crippen molar-refractivity contribution in [2.24, 2.45) is 0 Å². The molecule has 0 aliphatic heterocycles. The molecule has 0 fully saturated rings. The lowest BCUT2D eigenvalue weighted by Crippen LogP contribution is -2.65. The number of rotatable bonds is 46. The van der Waals surface area contributed by atoms with Crippen molar-refractivity contribution in [3.63, 3.8) is 0 Å². The molecule has 0 amide bonds. The van der Waals surface area contributed by atoms with Gasteiger partial charge in [0.25, 0.3) is 0 Å². The summed E-state index contributed by atoms with van der Waals surface area (Å²) in [7, 11) is -15.9. The van der Waals surface area contributed by atoms with Gasteiger partial charge in [-0.2, -0.15) is 0 Å². The summed E-state index contributed by atoms with van der Waals surface area (Å²) in [5.74, 6) is -4.60. The predicted octanol–water partition coefficient (Wildman–Crippen LogP) is 11.3. The van der Waals surface area contributed by atoms with E-state index in [0.717, 1.165) is 77.0 Å². The molecular weight excluding hydrogens is 821 g/mol. The highest BCUT2D eigenvalue weighted by Gasteiger charge is 2.70. The van der Waals surface area contributed by atoms with Crippen molar-refractivity contribution >= 4 is 35.3 Å². The van der Waals surface area contributed by atoms with Crippen LogP contribution in [0.25, 0.3) is 0 Å². The number of carbonyl (C=O) groups excluding carboxylic acids is 1. The van der Waals surface area contributed by atoms with Crippen molar-refractivity contribution in [2.45, 2.75) is 268 Å². The van der Waals surface area contributed by atoms with E-state index in [0.29, 0.717) is 38.5 Å². The Morgan fingerprint density at radius 1 is 0.367 bits per heavy atom. The van der Waals surface area contributed by atoms with Crippen molar-refractivity contribution < 1.29 is 45.4 Å². The van der Waals surface area contributed by atoms with Crippen molar-refractivity contribution in [1.29, 1.82) is 0 Å². The lowest BCUT2D eigenvalue weighted by atomic mass is 10.1. The number of sulfone groups is 3. The monoisotopic (exact) mass is 915 g/mol. The average molecular weight is 915 g/mol. The number of ketones is 1. The van der Waals surface area contributed by atoms with Gasteiger partial charge in [0, 0.05) is 0 Å². The van der Waals surface area contributed by atoms with Gasteiger partial charge in [0.2, 0.25) is 5.78 Å². The molecule has 0 aliphatic carbocycles. The van der Waals surface area contributed by atoms with Crippen LogP contribution in [0, 0.1) is 0 Å². The fourth-order valence-corrected chi connectivity index (χ4v) is 18.3. The third-order valence-corrected chi connectivity index (χ3v) is 22.3. The Kier molecular flexibility index (Phi) is 36.3. The van der Waals surface area contributed by atoms with E-state index < -0.39 is 74.8 Å².